The second-order valence-corrected chi connectivity index (χ2v) is 6.82. The summed E-state index contributed by atoms with van der Waals surface area (Å²) in [7, 11) is 0. The van der Waals surface area contributed by atoms with Crippen LogP contribution in [-0.4, -0.2) is 58.6 Å². The van der Waals surface area contributed by atoms with Crippen LogP contribution in [0.15, 0.2) is 17.5 Å². The summed E-state index contributed by atoms with van der Waals surface area (Å²) in [5.41, 5.74) is 0. The van der Waals surface area contributed by atoms with E-state index in [2.05, 4.69) is 11.8 Å². The Hall–Kier alpha value is -1.93. The Morgan fingerprint density at radius 3 is 2.24 bits per heavy atom. The molecule has 0 aliphatic carbocycles. The molecule has 8 heteroatoms. The molecule has 1 saturated heterocycles. The lowest BCUT2D eigenvalue weighted by Gasteiger charge is -2.34. The Kier molecular flexibility index (Phi) is 9.15. The van der Waals surface area contributed by atoms with Crippen LogP contribution in [0.5, 0.6) is 0 Å². The molecule has 1 atom stereocenters. The molecule has 25 heavy (non-hydrogen) atoms. The number of amides is 1. The van der Waals surface area contributed by atoms with Gasteiger partial charge in [-0.05, 0) is 50.4 Å². The molecule has 0 aromatic carbocycles. The van der Waals surface area contributed by atoms with E-state index >= 15 is 0 Å². The largest absolute Gasteiger partial charge is 0.473 e. The summed E-state index contributed by atoms with van der Waals surface area (Å²) in [6.07, 6.45) is 4.52. The van der Waals surface area contributed by atoms with Gasteiger partial charge in [-0.25, -0.2) is 9.59 Å². The number of carbonyl (C=O) groups excluding carboxylic acids is 1. The van der Waals surface area contributed by atoms with Crippen LogP contribution in [0.1, 0.15) is 39.5 Å². The molecule has 0 radical (unpaired) electrons. The number of nitrogens with zero attached hydrogens (tertiary/aromatic N) is 2. The Morgan fingerprint density at radius 2 is 1.80 bits per heavy atom. The van der Waals surface area contributed by atoms with E-state index in [1.807, 2.05) is 29.3 Å². The molecule has 1 fully saturated rings. The van der Waals surface area contributed by atoms with Gasteiger partial charge in [0.15, 0.2) is 0 Å². The van der Waals surface area contributed by atoms with Gasteiger partial charge in [0.25, 0.3) is 0 Å². The smallest absolute Gasteiger partial charge is 0.414 e. The van der Waals surface area contributed by atoms with E-state index in [1.54, 1.807) is 11.3 Å². The molecule has 140 valence electrons. The molecule has 0 saturated carbocycles. The molecule has 0 bridgehead atoms. The molecular formula is C17H26N2O5S. The van der Waals surface area contributed by atoms with E-state index in [0.29, 0.717) is 6.42 Å². The normalized spacial score (nSPS) is 15.6. The average molecular weight is 370 g/mol. The van der Waals surface area contributed by atoms with E-state index in [-0.39, 0.29) is 11.9 Å². The minimum Gasteiger partial charge on any atom is -0.473 e. The fourth-order valence-electron chi connectivity index (χ4n) is 2.76. The van der Waals surface area contributed by atoms with Crippen molar-refractivity contribution in [2.75, 3.05) is 24.5 Å². The number of carboxylic acids is 2. The number of likely N-dealkylation sites (tertiary alicyclic amines) is 1. The molecule has 1 aromatic heterocycles. The van der Waals surface area contributed by atoms with Crippen molar-refractivity contribution in [3.05, 3.63) is 17.5 Å². The molecule has 1 aromatic rings. The number of thiophene rings is 1. The van der Waals surface area contributed by atoms with Gasteiger partial charge >= 0.3 is 11.9 Å². The minimum absolute atomic E-state index is 0.229. The van der Waals surface area contributed by atoms with Crippen LogP contribution < -0.4 is 4.90 Å². The average Bonchev–Trinajstić information content (AvgIpc) is 3.10. The Bertz CT molecular complexity index is 543. The van der Waals surface area contributed by atoms with Crippen molar-refractivity contribution in [3.63, 3.8) is 0 Å². The van der Waals surface area contributed by atoms with Gasteiger partial charge in [-0.3, -0.25) is 9.69 Å². The standard InChI is InChI=1S/C15H24N2OS.C2H2O4/c1-3-14(18)17(15-8-7-11-19-15)13(2)12-16-9-5-4-6-10-16;3-1(4)2(5)6/h7-8,11,13H,3-6,9-10,12H2,1-2H3;(H,3,4)(H,5,6). The number of rotatable bonds is 5. The van der Waals surface area contributed by atoms with Crippen LogP contribution in [-0.2, 0) is 14.4 Å². The number of hydrogen-bond donors (Lipinski definition) is 2. The van der Waals surface area contributed by atoms with Crippen molar-refractivity contribution in [1.29, 1.82) is 0 Å². The first-order valence-electron chi connectivity index (χ1n) is 8.41. The molecule has 1 aliphatic heterocycles. The highest BCUT2D eigenvalue weighted by Crippen LogP contribution is 2.25. The Morgan fingerprint density at radius 1 is 1.20 bits per heavy atom. The number of aliphatic carboxylic acids is 2. The SMILES string of the molecule is CCC(=O)N(c1cccs1)C(C)CN1CCCCC1.O=C(O)C(=O)O. The summed E-state index contributed by atoms with van der Waals surface area (Å²) in [4.78, 5) is 34.9. The third-order valence-corrected chi connectivity index (χ3v) is 4.78. The first-order valence-corrected chi connectivity index (χ1v) is 9.28. The molecule has 2 N–H and O–H groups in total. The predicted octanol–water partition coefficient (Wildman–Crippen LogP) is 2.52. The van der Waals surface area contributed by atoms with Gasteiger partial charge < -0.3 is 15.1 Å². The first-order chi connectivity index (χ1) is 11.9. The van der Waals surface area contributed by atoms with E-state index in [0.717, 1.165) is 11.5 Å². The van der Waals surface area contributed by atoms with Gasteiger partial charge in [0.2, 0.25) is 5.91 Å². The van der Waals surface area contributed by atoms with Gasteiger partial charge in [0.1, 0.15) is 0 Å². The molecule has 1 amide bonds. The zero-order valence-electron chi connectivity index (χ0n) is 14.7. The van der Waals surface area contributed by atoms with Crippen molar-refractivity contribution in [2.24, 2.45) is 0 Å². The van der Waals surface area contributed by atoms with Crippen molar-refractivity contribution >= 4 is 34.2 Å². The fraction of sp³-hybridized carbons (Fsp3) is 0.588. The monoisotopic (exact) mass is 370 g/mol. The summed E-state index contributed by atoms with van der Waals surface area (Å²) < 4.78 is 0. The zero-order valence-corrected chi connectivity index (χ0v) is 15.5. The summed E-state index contributed by atoms with van der Waals surface area (Å²) >= 11 is 1.65. The van der Waals surface area contributed by atoms with Crippen molar-refractivity contribution in [1.82, 2.24) is 4.90 Å². The quantitative estimate of drug-likeness (QED) is 0.773. The van der Waals surface area contributed by atoms with E-state index in [1.165, 1.54) is 32.4 Å². The fourth-order valence-corrected chi connectivity index (χ4v) is 3.61. The summed E-state index contributed by atoms with van der Waals surface area (Å²) in [5.74, 6) is -3.42. The van der Waals surface area contributed by atoms with Crippen molar-refractivity contribution < 1.29 is 24.6 Å². The summed E-state index contributed by atoms with van der Waals surface area (Å²) in [5, 5.41) is 17.9. The Labute approximate surface area is 151 Å². The zero-order chi connectivity index (χ0) is 18.8. The summed E-state index contributed by atoms with van der Waals surface area (Å²) in [6.45, 7) is 7.47. The molecule has 2 heterocycles. The maximum Gasteiger partial charge on any atom is 0.414 e. The van der Waals surface area contributed by atoms with Crippen LogP contribution in [0.25, 0.3) is 0 Å². The number of carbonyl (C=O) groups is 3. The third kappa shape index (κ3) is 7.23. The summed E-state index contributed by atoms with van der Waals surface area (Å²) in [6, 6.07) is 4.32. The number of carboxylic acid groups (broad SMARTS) is 2. The van der Waals surface area contributed by atoms with E-state index in [4.69, 9.17) is 19.8 Å². The van der Waals surface area contributed by atoms with Crippen LogP contribution in [0, 0.1) is 0 Å². The van der Waals surface area contributed by atoms with Crippen LogP contribution in [0.3, 0.4) is 0 Å². The van der Waals surface area contributed by atoms with Crippen molar-refractivity contribution in [3.8, 4) is 0 Å². The van der Waals surface area contributed by atoms with Crippen molar-refractivity contribution in [2.45, 2.75) is 45.6 Å². The van der Waals surface area contributed by atoms with Gasteiger partial charge in [0, 0.05) is 19.0 Å². The lowest BCUT2D eigenvalue weighted by atomic mass is 10.1. The van der Waals surface area contributed by atoms with Crippen LogP contribution in [0.4, 0.5) is 5.00 Å². The van der Waals surface area contributed by atoms with Gasteiger partial charge in [-0.1, -0.05) is 13.3 Å². The second-order valence-electron chi connectivity index (χ2n) is 5.89. The predicted molar refractivity (Wildman–Crippen MR) is 97.1 cm³/mol. The Balaban J connectivity index is 0.000000450. The molecule has 1 aliphatic rings. The number of anilines is 1. The maximum atomic E-state index is 12.2. The lowest BCUT2D eigenvalue weighted by molar-refractivity contribution is -0.159. The second kappa shape index (κ2) is 10.8. The maximum absolute atomic E-state index is 12.2. The molecule has 1 unspecified atom stereocenters. The topological polar surface area (TPSA) is 98.2 Å². The molecule has 2 rings (SSSR count). The molecule has 0 spiro atoms. The molecule has 7 nitrogen and oxygen atoms in total. The van der Waals surface area contributed by atoms with Gasteiger partial charge in [-0.2, -0.15) is 0 Å². The number of piperidine rings is 1. The number of hydrogen-bond acceptors (Lipinski definition) is 5. The van der Waals surface area contributed by atoms with Crippen LogP contribution in [0.2, 0.25) is 0 Å². The lowest BCUT2D eigenvalue weighted by Crippen LogP contribution is -2.46. The van der Waals surface area contributed by atoms with Gasteiger partial charge in [0.05, 0.1) is 5.00 Å². The third-order valence-electron chi connectivity index (χ3n) is 3.91. The first kappa shape index (κ1) is 21.1. The van der Waals surface area contributed by atoms with Gasteiger partial charge in [-0.15, -0.1) is 11.3 Å². The minimum atomic E-state index is -1.82. The highest BCUT2D eigenvalue weighted by atomic mass is 32.1. The highest BCUT2D eigenvalue weighted by Gasteiger charge is 2.24. The van der Waals surface area contributed by atoms with E-state index < -0.39 is 11.9 Å². The van der Waals surface area contributed by atoms with Crippen LogP contribution >= 0.6 is 11.3 Å². The highest BCUT2D eigenvalue weighted by molar-refractivity contribution is 7.14. The van der Waals surface area contributed by atoms with E-state index in [9.17, 15) is 4.79 Å². The molecular weight excluding hydrogens is 344 g/mol.